The van der Waals surface area contributed by atoms with Crippen LogP contribution in [0.25, 0.3) is 0 Å². The molecule has 0 saturated carbocycles. The highest BCUT2D eigenvalue weighted by atomic mass is 79.9. The third-order valence-electron chi connectivity index (χ3n) is 4.33. The van der Waals surface area contributed by atoms with E-state index >= 15 is 0 Å². The number of carbonyl (C=O) groups is 1. The first-order chi connectivity index (χ1) is 12.6. The van der Waals surface area contributed by atoms with Gasteiger partial charge in [0.1, 0.15) is 5.82 Å². The van der Waals surface area contributed by atoms with Gasteiger partial charge in [-0.3, -0.25) is 4.79 Å². The van der Waals surface area contributed by atoms with Gasteiger partial charge in [-0.2, -0.15) is 0 Å². The molecule has 0 bridgehead atoms. The zero-order valence-corrected chi connectivity index (χ0v) is 16.9. The molecule has 1 aliphatic heterocycles. The summed E-state index contributed by atoms with van der Waals surface area (Å²) in [6.07, 6.45) is 4.79. The number of aliphatic imine (C=N–C) groups is 1. The average molecular weight is 427 g/mol. The molecule has 1 aromatic carbocycles. The summed E-state index contributed by atoms with van der Waals surface area (Å²) in [6.45, 7) is 5.35. The predicted molar refractivity (Wildman–Crippen MR) is 107 cm³/mol. The number of halogens is 2. The maximum absolute atomic E-state index is 13.8. The lowest BCUT2D eigenvalue weighted by Gasteiger charge is -2.20. The molecule has 26 heavy (non-hydrogen) atoms. The van der Waals surface area contributed by atoms with Crippen molar-refractivity contribution < 1.29 is 9.18 Å². The Balaban J connectivity index is 1.81. The summed E-state index contributed by atoms with van der Waals surface area (Å²) in [5, 5.41) is 6.43. The topological polar surface area (TPSA) is 56.7 Å². The Hall–Kier alpha value is -1.63. The van der Waals surface area contributed by atoms with Gasteiger partial charge in [-0.1, -0.05) is 22.4 Å². The number of hydrogen-bond acceptors (Lipinski definition) is 2. The molecular formula is C19H28BrFN4O. The van der Waals surface area contributed by atoms with E-state index in [1.54, 1.807) is 12.1 Å². The van der Waals surface area contributed by atoms with Crippen LogP contribution in [0.2, 0.25) is 0 Å². The molecule has 1 amide bonds. The van der Waals surface area contributed by atoms with E-state index in [-0.39, 0.29) is 18.3 Å². The van der Waals surface area contributed by atoms with Crippen LogP contribution in [0.3, 0.4) is 0 Å². The number of nitrogens with zero attached hydrogens (tertiary/aromatic N) is 2. The second kappa shape index (κ2) is 11.2. The molecule has 144 valence electrons. The van der Waals surface area contributed by atoms with Crippen LogP contribution in [0.15, 0.2) is 27.7 Å². The summed E-state index contributed by atoms with van der Waals surface area (Å²) in [7, 11) is 0. The Labute approximate surface area is 163 Å². The normalized spacial score (nSPS) is 15.7. The van der Waals surface area contributed by atoms with E-state index in [2.05, 4.69) is 31.6 Å². The van der Waals surface area contributed by atoms with Gasteiger partial charge in [0.25, 0.3) is 0 Å². The lowest BCUT2D eigenvalue weighted by atomic mass is 10.2. The first kappa shape index (κ1) is 20.7. The summed E-state index contributed by atoms with van der Waals surface area (Å²) in [4.78, 5) is 18.4. The summed E-state index contributed by atoms with van der Waals surface area (Å²) < 4.78 is 14.7. The lowest BCUT2D eigenvalue weighted by Crippen LogP contribution is -2.39. The number of nitrogens with one attached hydrogen (secondary N) is 2. The van der Waals surface area contributed by atoms with E-state index in [1.807, 2.05) is 11.8 Å². The van der Waals surface area contributed by atoms with Gasteiger partial charge in [-0.25, -0.2) is 9.38 Å². The number of amides is 1. The third-order valence-corrected chi connectivity index (χ3v) is 4.82. The van der Waals surface area contributed by atoms with Crippen molar-refractivity contribution in [3.8, 4) is 0 Å². The molecule has 2 N–H and O–H groups in total. The fraction of sp³-hybridized carbons (Fsp3) is 0.579. The maximum atomic E-state index is 13.8. The summed E-state index contributed by atoms with van der Waals surface area (Å²) in [5.41, 5.74) is 0.548. The minimum atomic E-state index is -0.257. The van der Waals surface area contributed by atoms with Crippen LogP contribution in [0, 0.1) is 5.82 Å². The second-order valence-electron chi connectivity index (χ2n) is 6.40. The van der Waals surface area contributed by atoms with Crippen molar-refractivity contribution >= 4 is 27.8 Å². The molecule has 1 aliphatic rings. The molecular weight excluding hydrogens is 399 g/mol. The van der Waals surface area contributed by atoms with Crippen molar-refractivity contribution in [1.29, 1.82) is 0 Å². The van der Waals surface area contributed by atoms with E-state index < -0.39 is 0 Å². The third kappa shape index (κ3) is 6.94. The van der Waals surface area contributed by atoms with Crippen molar-refractivity contribution in [2.24, 2.45) is 4.99 Å². The van der Waals surface area contributed by atoms with Crippen molar-refractivity contribution in [1.82, 2.24) is 15.5 Å². The van der Waals surface area contributed by atoms with Gasteiger partial charge in [0.2, 0.25) is 5.91 Å². The lowest BCUT2D eigenvalue weighted by molar-refractivity contribution is -0.130. The van der Waals surface area contributed by atoms with Crippen LogP contribution in [-0.2, 0) is 11.3 Å². The zero-order valence-electron chi connectivity index (χ0n) is 15.4. The number of likely N-dealkylation sites (tertiary alicyclic amines) is 1. The first-order valence-electron chi connectivity index (χ1n) is 9.34. The highest BCUT2D eigenvalue weighted by Gasteiger charge is 2.15. The van der Waals surface area contributed by atoms with Crippen molar-refractivity contribution in [2.75, 3.05) is 26.2 Å². The number of benzene rings is 1. The van der Waals surface area contributed by atoms with Crippen molar-refractivity contribution in [2.45, 2.75) is 45.6 Å². The van der Waals surface area contributed by atoms with Crippen LogP contribution in [-0.4, -0.2) is 42.9 Å². The van der Waals surface area contributed by atoms with Gasteiger partial charge in [0, 0.05) is 42.6 Å². The van der Waals surface area contributed by atoms with Gasteiger partial charge >= 0.3 is 0 Å². The van der Waals surface area contributed by atoms with Crippen LogP contribution in [0.1, 0.15) is 44.6 Å². The molecule has 0 aromatic heterocycles. The molecule has 2 rings (SSSR count). The first-order valence-corrected chi connectivity index (χ1v) is 10.1. The molecule has 0 radical (unpaired) electrons. The van der Waals surface area contributed by atoms with Crippen LogP contribution in [0.5, 0.6) is 0 Å². The Morgan fingerprint density at radius 2 is 2.15 bits per heavy atom. The fourth-order valence-electron chi connectivity index (χ4n) is 2.92. The average Bonchev–Trinajstić information content (AvgIpc) is 2.83. The van der Waals surface area contributed by atoms with Crippen molar-refractivity contribution in [3.63, 3.8) is 0 Å². The van der Waals surface area contributed by atoms with Crippen LogP contribution in [0.4, 0.5) is 4.39 Å². The van der Waals surface area contributed by atoms with E-state index in [0.29, 0.717) is 17.9 Å². The van der Waals surface area contributed by atoms with Gasteiger partial charge in [0.15, 0.2) is 5.96 Å². The van der Waals surface area contributed by atoms with Gasteiger partial charge in [0.05, 0.1) is 6.54 Å². The minimum absolute atomic E-state index is 0.257. The maximum Gasteiger partial charge on any atom is 0.222 e. The number of carbonyl (C=O) groups excluding carboxylic acids is 1. The Kier molecular flexibility index (Phi) is 8.88. The van der Waals surface area contributed by atoms with Crippen molar-refractivity contribution in [3.05, 3.63) is 34.1 Å². The van der Waals surface area contributed by atoms with E-state index in [9.17, 15) is 9.18 Å². The van der Waals surface area contributed by atoms with E-state index in [1.165, 1.54) is 6.07 Å². The fourth-order valence-corrected chi connectivity index (χ4v) is 3.33. The minimum Gasteiger partial charge on any atom is -0.357 e. The van der Waals surface area contributed by atoms with Crippen LogP contribution < -0.4 is 10.6 Å². The molecule has 5 nitrogen and oxygen atoms in total. The second-order valence-corrected chi connectivity index (χ2v) is 7.32. The highest BCUT2D eigenvalue weighted by molar-refractivity contribution is 9.10. The summed E-state index contributed by atoms with van der Waals surface area (Å²) in [5.74, 6) is 0.676. The smallest absolute Gasteiger partial charge is 0.222 e. The predicted octanol–water partition coefficient (Wildman–Crippen LogP) is 3.44. The molecule has 1 heterocycles. The number of rotatable bonds is 7. The molecule has 1 saturated heterocycles. The Bertz CT molecular complexity index is 624. The Morgan fingerprint density at radius 1 is 1.31 bits per heavy atom. The summed E-state index contributed by atoms with van der Waals surface area (Å²) in [6, 6.07) is 4.86. The Morgan fingerprint density at radius 3 is 2.96 bits per heavy atom. The highest BCUT2D eigenvalue weighted by Crippen LogP contribution is 2.16. The number of guanidine groups is 1. The molecule has 0 spiro atoms. The van der Waals surface area contributed by atoms with Gasteiger partial charge < -0.3 is 15.5 Å². The van der Waals surface area contributed by atoms with Gasteiger partial charge in [-0.05, 0) is 44.4 Å². The molecule has 7 heteroatoms. The molecule has 1 fully saturated rings. The van der Waals surface area contributed by atoms with E-state index in [4.69, 9.17) is 0 Å². The quantitative estimate of drug-likeness (QED) is 0.398. The van der Waals surface area contributed by atoms with E-state index in [0.717, 1.165) is 56.3 Å². The van der Waals surface area contributed by atoms with Gasteiger partial charge in [-0.15, -0.1) is 0 Å². The molecule has 0 aliphatic carbocycles. The molecule has 0 atom stereocenters. The molecule has 0 unspecified atom stereocenters. The monoisotopic (exact) mass is 426 g/mol. The largest absolute Gasteiger partial charge is 0.357 e. The van der Waals surface area contributed by atoms with Crippen LogP contribution >= 0.6 is 15.9 Å². The molecule has 1 aromatic rings. The summed E-state index contributed by atoms with van der Waals surface area (Å²) >= 11 is 3.35. The number of hydrogen-bond donors (Lipinski definition) is 2. The zero-order chi connectivity index (χ0) is 18.8. The standard InChI is InChI=1S/C19H28BrFN4O/c1-2-22-19(24-14-15-13-16(20)8-9-17(15)21)23-10-6-12-25-11-5-3-4-7-18(25)26/h8-9,13H,2-7,10-12,14H2,1H3,(H2,22,23,24). The SMILES string of the molecule is CCNC(=NCc1cc(Br)ccc1F)NCCCN1CCCCCC1=O.